The number of fused-ring (bicyclic) bond motifs is 1. The summed E-state index contributed by atoms with van der Waals surface area (Å²) >= 11 is 5.91. The number of aliphatic hydroxyl groups is 1. The quantitative estimate of drug-likeness (QED) is 0.800. The molecule has 0 saturated heterocycles. The molecule has 1 unspecified atom stereocenters. The standard InChI is InChI=1S/C10H9ClO4/c11-7-3-6(8(13)1-2-12)4-9-10(7)15-5-14-9/h2-4,8,13H,1,5H2. The van der Waals surface area contributed by atoms with E-state index < -0.39 is 6.10 Å². The predicted octanol–water partition coefficient (Wildman–Crippen LogP) is 1.69. The fourth-order valence-electron chi connectivity index (χ4n) is 1.41. The first kappa shape index (κ1) is 10.3. The zero-order chi connectivity index (χ0) is 10.8. The Kier molecular flexibility index (Phi) is 2.79. The van der Waals surface area contributed by atoms with Gasteiger partial charge in [-0.1, -0.05) is 11.6 Å². The fraction of sp³-hybridized carbons (Fsp3) is 0.300. The van der Waals surface area contributed by atoms with Gasteiger partial charge in [0, 0.05) is 6.42 Å². The molecule has 1 aliphatic heterocycles. The van der Waals surface area contributed by atoms with E-state index in [0.29, 0.717) is 28.4 Å². The molecular formula is C10H9ClO4. The highest BCUT2D eigenvalue weighted by Gasteiger charge is 2.20. The van der Waals surface area contributed by atoms with Crippen molar-refractivity contribution in [1.82, 2.24) is 0 Å². The summed E-state index contributed by atoms with van der Waals surface area (Å²) in [7, 11) is 0. The molecule has 1 aromatic rings. The van der Waals surface area contributed by atoms with E-state index in [4.69, 9.17) is 21.1 Å². The van der Waals surface area contributed by atoms with E-state index in [-0.39, 0.29) is 13.2 Å². The second-order valence-electron chi connectivity index (χ2n) is 3.15. The number of hydrogen-bond acceptors (Lipinski definition) is 4. The van der Waals surface area contributed by atoms with Gasteiger partial charge in [0.1, 0.15) is 6.29 Å². The number of aliphatic hydroxyl groups excluding tert-OH is 1. The lowest BCUT2D eigenvalue weighted by molar-refractivity contribution is -0.109. The highest BCUT2D eigenvalue weighted by Crippen LogP contribution is 2.41. The molecule has 5 heteroatoms. The molecule has 0 aromatic heterocycles. The van der Waals surface area contributed by atoms with Crippen LogP contribution < -0.4 is 9.47 Å². The van der Waals surface area contributed by atoms with E-state index in [9.17, 15) is 9.90 Å². The van der Waals surface area contributed by atoms with Gasteiger partial charge < -0.3 is 19.4 Å². The molecule has 0 amide bonds. The Morgan fingerprint density at radius 2 is 2.33 bits per heavy atom. The van der Waals surface area contributed by atoms with Crippen LogP contribution in [0.3, 0.4) is 0 Å². The monoisotopic (exact) mass is 228 g/mol. The van der Waals surface area contributed by atoms with Gasteiger partial charge in [-0.05, 0) is 17.7 Å². The van der Waals surface area contributed by atoms with E-state index in [1.807, 2.05) is 0 Å². The van der Waals surface area contributed by atoms with Gasteiger partial charge >= 0.3 is 0 Å². The lowest BCUT2D eigenvalue weighted by Crippen LogP contribution is -1.98. The average molecular weight is 229 g/mol. The third-order valence-electron chi connectivity index (χ3n) is 2.15. The second kappa shape index (κ2) is 4.08. The molecule has 0 radical (unpaired) electrons. The van der Waals surface area contributed by atoms with E-state index in [1.54, 1.807) is 12.1 Å². The summed E-state index contributed by atoms with van der Waals surface area (Å²) in [6.45, 7) is 0.127. The highest BCUT2D eigenvalue weighted by molar-refractivity contribution is 6.32. The van der Waals surface area contributed by atoms with Crippen LogP contribution in [-0.2, 0) is 4.79 Å². The zero-order valence-electron chi connectivity index (χ0n) is 7.77. The molecule has 4 nitrogen and oxygen atoms in total. The van der Waals surface area contributed by atoms with Crippen molar-refractivity contribution < 1.29 is 19.4 Å². The van der Waals surface area contributed by atoms with Crippen LogP contribution in [0.25, 0.3) is 0 Å². The second-order valence-corrected chi connectivity index (χ2v) is 3.56. The molecule has 1 aromatic carbocycles. The number of ether oxygens (including phenoxy) is 2. The lowest BCUT2D eigenvalue weighted by Gasteiger charge is -2.09. The van der Waals surface area contributed by atoms with Crippen LogP contribution in [0.1, 0.15) is 18.1 Å². The van der Waals surface area contributed by atoms with Crippen LogP contribution in [0.5, 0.6) is 11.5 Å². The minimum absolute atomic E-state index is 0.0377. The first-order valence-corrected chi connectivity index (χ1v) is 4.81. The van der Waals surface area contributed by atoms with Crippen molar-refractivity contribution in [3.8, 4) is 11.5 Å². The zero-order valence-corrected chi connectivity index (χ0v) is 8.53. The number of carbonyl (C=O) groups is 1. The van der Waals surface area contributed by atoms with E-state index in [0.717, 1.165) is 0 Å². The van der Waals surface area contributed by atoms with Crippen LogP contribution in [0.2, 0.25) is 5.02 Å². The fourth-order valence-corrected chi connectivity index (χ4v) is 1.68. The summed E-state index contributed by atoms with van der Waals surface area (Å²) in [5.41, 5.74) is 0.552. The van der Waals surface area contributed by atoms with Gasteiger partial charge in [0.15, 0.2) is 11.5 Å². The van der Waals surface area contributed by atoms with E-state index in [2.05, 4.69) is 0 Å². The predicted molar refractivity (Wildman–Crippen MR) is 53.2 cm³/mol. The van der Waals surface area contributed by atoms with Crippen LogP contribution in [0, 0.1) is 0 Å². The number of halogens is 1. The lowest BCUT2D eigenvalue weighted by atomic mass is 10.1. The SMILES string of the molecule is O=CCC(O)c1cc(Cl)c2c(c1)OCO2. The molecule has 1 atom stereocenters. The molecular weight excluding hydrogens is 220 g/mol. The van der Waals surface area contributed by atoms with E-state index in [1.165, 1.54) is 0 Å². The molecule has 80 valence electrons. The number of aldehydes is 1. The maximum atomic E-state index is 10.3. The third kappa shape index (κ3) is 1.91. The Labute approximate surface area is 91.4 Å². The minimum Gasteiger partial charge on any atom is -0.454 e. The van der Waals surface area contributed by atoms with Gasteiger partial charge in [0.05, 0.1) is 11.1 Å². The Hall–Kier alpha value is -1.26. The molecule has 0 aliphatic carbocycles. The van der Waals surface area contributed by atoms with Gasteiger partial charge in [0.2, 0.25) is 6.79 Å². The Morgan fingerprint density at radius 1 is 1.53 bits per heavy atom. The van der Waals surface area contributed by atoms with Crippen molar-refractivity contribution in [2.75, 3.05) is 6.79 Å². The largest absolute Gasteiger partial charge is 0.454 e. The Morgan fingerprint density at radius 3 is 3.07 bits per heavy atom. The molecule has 1 N–H and O–H groups in total. The van der Waals surface area contributed by atoms with Crippen LogP contribution in [0.4, 0.5) is 0 Å². The van der Waals surface area contributed by atoms with E-state index >= 15 is 0 Å². The van der Waals surface area contributed by atoms with Crippen molar-refractivity contribution in [1.29, 1.82) is 0 Å². The molecule has 0 saturated carbocycles. The number of carbonyl (C=O) groups excluding carboxylic acids is 1. The first-order chi connectivity index (χ1) is 7.22. The van der Waals surface area contributed by atoms with Crippen molar-refractivity contribution >= 4 is 17.9 Å². The molecule has 0 fully saturated rings. The minimum atomic E-state index is -0.852. The third-order valence-corrected chi connectivity index (χ3v) is 2.43. The first-order valence-electron chi connectivity index (χ1n) is 4.43. The van der Waals surface area contributed by atoms with Gasteiger partial charge in [-0.3, -0.25) is 0 Å². The van der Waals surface area contributed by atoms with Gasteiger partial charge in [-0.25, -0.2) is 0 Å². The van der Waals surface area contributed by atoms with Crippen molar-refractivity contribution in [3.05, 3.63) is 22.7 Å². The molecule has 1 heterocycles. The smallest absolute Gasteiger partial charge is 0.231 e. The van der Waals surface area contributed by atoms with Crippen molar-refractivity contribution in [3.63, 3.8) is 0 Å². The van der Waals surface area contributed by atoms with Crippen molar-refractivity contribution in [2.45, 2.75) is 12.5 Å². The number of rotatable bonds is 3. The summed E-state index contributed by atoms with van der Waals surface area (Å²) in [5, 5.41) is 9.97. The molecule has 1 aliphatic rings. The summed E-state index contributed by atoms with van der Waals surface area (Å²) in [4.78, 5) is 10.3. The average Bonchev–Trinajstić information content (AvgIpc) is 2.66. The number of hydrogen-bond donors (Lipinski definition) is 1. The van der Waals surface area contributed by atoms with Crippen molar-refractivity contribution in [2.24, 2.45) is 0 Å². The molecule has 15 heavy (non-hydrogen) atoms. The summed E-state index contributed by atoms with van der Waals surface area (Å²) in [6.07, 6.45) is -0.159. The Balaban J connectivity index is 2.34. The normalized spacial score (nSPS) is 15.1. The molecule has 0 spiro atoms. The van der Waals surface area contributed by atoms with Crippen LogP contribution in [-0.4, -0.2) is 18.2 Å². The summed E-state index contributed by atoms with van der Waals surface area (Å²) < 4.78 is 10.3. The van der Waals surface area contributed by atoms with Gasteiger partial charge in [-0.15, -0.1) is 0 Å². The maximum absolute atomic E-state index is 10.3. The summed E-state index contributed by atoms with van der Waals surface area (Å²) in [6, 6.07) is 3.20. The summed E-state index contributed by atoms with van der Waals surface area (Å²) in [5.74, 6) is 0.987. The molecule has 0 bridgehead atoms. The maximum Gasteiger partial charge on any atom is 0.231 e. The molecule has 2 rings (SSSR count). The Bertz CT molecular complexity index is 391. The highest BCUT2D eigenvalue weighted by atomic mass is 35.5. The number of benzene rings is 1. The van der Waals surface area contributed by atoms with Gasteiger partial charge in [-0.2, -0.15) is 0 Å². The van der Waals surface area contributed by atoms with Gasteiger partial charge in [0.25, 0.3) is 0 Å². The topological polar surface area (TPSA) is 55.8 Å². The van der Waals surface area contributed by atoms with Crippen LogP contribution >= 0.6 is 11.6 Å². The van der Waals surface area contributed by atoms with Crippen LogP contribution in [0.15, 0.2) is 12.1 Å².